The number of hydrogen-bond acceptors (Lipinski definition) is 3. The molecule has 0 aliphatic carbocycles. The lowest BCUT2D eigenvalue weighted by Crippen LogP contribution is -1.99. The number of hydrogen-bond donors (Lipinski definition) is 2. The van der Waals surface area contributed by atoms with Gasteiger partial charge in [-0.15, -0.1) is 0 Å². The van der Waals surface area contributed by atoms with Crippen molar-refractivity contribution < 1.29 is 0 Å². The summed E-state index contributed by atoms with van der Waals surface area (Å²) in [5.74, 6) is 0. The van der Waals surface area contributed by atoms with Gasteiger partial charge >= 0.3 is 0 Å². The maximum absolute atomic E-state index is 8.13. The van der Waals surface area contributed by atoms with E-state index in [1.807, 2.05) is 6.07 Å². The SMILES string of the molecule is [N-]=[N+]=NCc1cc(N)cc(CN)c1. The van der Waals surface area contributed by atoms with Gasteiger partial charge in [0, 0.05) is 17.1 Å². The Morgan fingerprint density at radius 2 is 2.00 bits per heavy atom. The summed E-state index contributed by atoms with van der Waals surface area (Å²) in [5.41, 5.74) is 21.7. The summed E-state index contributed by atoms with van der Waals surface area (Å²) >= 11 is 0. The third kappa shape index (κ3) is 2.66. The molecule has 0 atom stereocenters. The summed E-state index contributed by atoms with van der Waals surface area (Å²) in [6.07, 6.45) is 0. The highest BCUT2D eigenvalue weighted by Gasteiger charge is 1.96. The molecule has 68 valence electrons. The molecule has 0 heterocycles. The number of rotatable bonds is 3. The van der Waals surface area contributed by atoms with E-state index in [9.17, 15) is 0 Å². The van der Waals surface area contributed by atoms with Crippen LogP contribution in [0, 0.1) is 0 Å². The molecular weight excluding hydrogens is 166 g/mol. The Morgan fingerprint density at radius 3 is 2.62 bits per heavy atom. The second kappa shape index (κ2) is 4.35. The van der Waals surface area contributed by atoms with E-state index in [1.54, 1.807) is 12.1 Å². The van der Waals surface area contributed by atoms with Crippen LogP contribution < -0.4 is 11.5 Å². The van der Waals surface area contributed by atoms with Gasteiger partial charge in [-0.1, -0.05) is 11.2 Å². The second-order valence-electron chi connectivity index (χ2n) is 2.68. The minimum Gasteiger partial charge on any atom is -0.399 e. The third-order valence-corrected chi connectivity index (χ3v) is 1.63. The molecule has 1 aromatic carbocycles. The van der Waals surface area contributed by atoms with Gasteiger partial charge in [0.15, 0.2) is 0 Å². The van der Waals surface area contributed by atoms with Crippen LogP contribution in [0.15, 0.2) is 23.3 Å². The van der Waals surface area contributed by atoms with Gasteiger partial charge in [0.25, 0.3) is 0 Å². The van der Waals surface area contributed by atoms with E-state index in [2.05, 4.69) is 10.0 Å². The molecule has 5 nitrogen and oxygen atoms in total. The van der Waals surface area contributed by atoms with Crippen molar-refractivity contribution >= 4 is 5.69 Å². The minimum atomic E-state index is 0.314. The van der Waals surface area contributed by atoms with E-state index in [0.29, 0.717) is 18.8 Å². The zero-order chi connectivity index (χ0) is 9.68. The largest absolute Gasteiger partial charge is 0.399 e. The topological polar surface area (TPSA) is 101 Å². The quantitative estimate of drug-likeness (QED) is 0.316. The smallest absolute Gasteiger partial charge is 0.0511 e. The van der Waals surface area contributed by atoms with Crippen LogP contribution in [-0.4, -0.2) is 0 Å². The highest BCUT2D eigenvalue weighted by atomic mass is 15.1. The number of anilines is 1. The maximum Gasteiger partial charge on any atom is 0.0511 e. The Morgan fingerprint density at radius 1 is 1.31 bits per heavy atom. The van der Waals surface area contributed by atoms with Crippen LogP contribution in [0.25, 0.3) is 10.4 Å². The van der Waals surface area contributed by atoms with Crippen molar-refractivity contribution in [3.8, 4) is 0 Å². The summed E-state index contributed by atoms with van der Waals surface area (Å²) in [6, 6.07) is 5.46. The summed E-state index contributed by atoms with van der Waals surface area (Å²) in [5, 5.41) is 3.44. The van der Waals surface area contributed by atoms with Crippen molar-refractivity contribution in [2.45, 2.75) is 13.1 Å². The summed E-state index contributed by atoms with van der Waals surface area (Å²) in [7, 11) is 0. The van der Waals surface area contributed by atoms with Crippen molar-refractivity contribution in [2.75, 3.05) is 5.73 Å². The predicted molar refractivity (Wildman–Crippen MR) is 51.6 cm³/mol. The molecule has 0 aromatic heterocycles. The van der Waals surface area contributed by atoms with Crippen LogP contribution in [0.4, 0.5) is 5.69 Å². The molecule has 5 heteroatoms. The summed E-state index contributed by atoms with van der Waals surface area (Å²) in [6.45, 7) is 0.753. The molecular formula is C8H11N5. The highest BCUT2D eigenvalue weighted by molar-refractivity contribution is 5.44. The maximum atomic E-state index is 8.13. The molecule has 0 saturated heterocycles. The average molecular weight is 177 g/mol. The lowest BCUT2D eigenvalue weighted by atomic mass is 10.1. The molecule has 0 bridgehead atoms. The number of azide groups is 1. The summed E-state index contributed by atoms with van der Waals surface area (Å²) in [4.78, 5) is 2.67. The van der Waals surface area contributed by atoms with Crippen LogP contribution >= 0.6 is 0 Å². The van der Waals surface area contributed by atoms with Crippen LogP contribution in [0.3, 0.4) is 0 Å². The van der Waals surface area contributed by atoms with Gasteiger partial charge in [-0.3, -0.25) is 0 Å². The molecule has 0 fully saturated rings. The predicted octanol–water partition coefficient (Wildman–Crippen LogP) is 1.54. The first-order chi connectivity index (χ1) is 6.26. The van der Waals surface area contributed by atoms with E-state index >= 15 is 0 Å². The fourth-order valence-corrected chi connectivity index (χ4v) is 1.11. The number of benzene rings is 1. The molecule has 0 amide bonds. The fourth-order valence-electron chi connectivity index (χ4n) is 1.11. The van der Waals surface area contributed by atoms with Crippen molar-refractivity contribution in [1.82, 2.24) is 0 Å². The van der Waals surface area contributed by atoms with Crippen molar-refractivity contribution in [2.24, 2.45) is 10.8 Å². The second-order valence-corrected chi connectivity index (χ2v) is 2.68. The summed E-state index contributed by atoms with van der Waals surface area (Å²) < 4.78 is 0. The number of nitrogens with two attached hydrogens (primary N) is 2. The molecule has 0 aliphatic rings. The van der Waals surface area contributed by atoms with E-state index in [-0.39, 0.29) is 0 Å². The first-order valence-electron chi connectivity index (χ1n) is 3.85. The van der Waals surface area contributed by atoms with Crippen LogP contribution in [0.2, 0.25) is 0 Å². The van der Waals surface area contributed by atoms with E-state index in [4.69, 9.17) is 17.0 Å². The number of nitrogen functional groups attached to an aromatic ring is 1. The number of nitrogens with zero attached hydrogens (tertiary/aromatic N) is 3. The Balaban J connectivity index is 2.93. The molecule has 0 saturated carbocycles. The minimum absolute atomic E-state index is 0.314. The monoisotopic (exact) mass is 177 g/mol. The van der Waals surface area contributed by atoms with Crippen LogP contribution in [-0.2, 0) is 13.1 Å². The zero-order valence-electron chi connectivity index (χ0n) is 7.14. The highest BCUT2D eigenvalue weighted by Crippen LogP contribution is 2.12. The van der Waals surface area contributed by atoms with E-state index < -0.39 is 0 Å². The zero-order valence-corrected chi connectivity index (χ0v) is 7.14. The Labute approximate surface area is 76.0 Å². The molecule has 0 unspecified atom stereocenters. The molecule has 0 spiro atoms. The van der Waals surface area contributed by atoms with Gasteiger partial charge in [0.05, 0.1) is 6.54 Å². The van der Waals surface area contributed by atoms with E-state index in [1.165, 1.54) is 0 Å². The van der Waals surface area contributed by atoms with Gasteiger partial charge < -0.3 is 11.5 Å². The van der Waals surface area contributed by atoms with Gasteiger partial charge in [-0.25, -0.2) is 0 Å². The van der Waals surface area contributed by atoms with Gasteiger partial charge in [0.2, 0.25) is 0 Å². The molecule has 13 heavy (non-hydrogen) atoms. The Hall–Kier alpha value is -1.71. The lowest BCUT2D eigenvalue weighted by molar-refractivity contribution is 1.02. The molecule has 4 N–H and O–H groups in total. The van der Waals surface area contributed by atoms with Gasteiger partial charge in [-0.05, 0) is 28.8 Å². The first-order valence-corrected chi connectivity index (χ1v) is 3.85. The normalized spacial score (nSPS) is 9.31. The molecule has 0 aliphatic heterocycles. The molecule has 0 radical (unpaired) electrons. The van der Waals surface area contributed by atoms with Crippen molar-refractivity contribution in [1.29, 1.82) is 0 Å². The van der Waals surface area contributed by atoms with Gasteiger partial charge in [-0.2, -0.15) is 0 Å². The first kappa shape index (κ1) is 9.38. The molecule has 1 rings (SSSR count). The van der Waals surface area contributed by atoms with Crippen molar-refractivity contribution in [3.63, 3.8) is 0 Å². The average Bonchev–Trinajstić information content (AvgIpc) is 2.14. The van der Waals surface area contributed by atoms with Crippen LogP contribution in [0.5, 0.6) is 0 Å². The third-order valence-electron chi connectivity index (χ3n) is 1.63. The van der Waals surface area contributed by atoms with Gasteiger partial charge in [0.1, 0.15) is 0 Å². The fraction of sp³-hybridized carbons (Fsp3) is 0.250. The Kier molecular flexibility index (Phi) is 3.14. The van der Waals surface area contributed by atoms with Crippen LogP contribution in [0.1, 0.15) is 11.1 Å². The lowest BCUT2D eigenvalue weighted by Gasteiger charge is -2.02. The molecule has 1 aromatic rings. The standard InChI is InChI=1S/C8H11N5/c9-4-6-1-7(5-12-13-11)3-8(10)2-6/h1-3H,4-5,9-10H2. The van der Waals surface area contributed by atoms with Crippen molar-refractivity contribution in [3.05, 3.63) is 39.8 Å². The Bertz CT molecular complexity index is 340. The van der Waals surface area contributed by atoms with E-state index in [0.717, 1.165) is 11.1 Å².